The third-order valence-electron chi connectivity index (χ3n) is 3.39. The van der Waals surface area contributed by atoms with Crippen LogP contribution in [0, 0.1) is 23.0 Å². The highest BCUT2D eigenvalue weighted by Crippen LogP contribution is 2.25. The van der Waals surface area contributed by atoms with E-state index in [-0.39, 0.29) is 10.6 Å². The first kappa shape index (κ1) is 12.8. The Kier molecular flexibility index (Phi) is 4.15. The molecule has 0 bridgehead atoms. The first-order valence-electron chi connectivity index (χ1n) is 6.24. The molecule has 1 heterocycles. The van der Waals surface area contributed by atoms with Gasteiger partial charge in [-0.1, -0.05) is 6.07 Å². The predicted octanol–water partition coefficient (Wildman–Crippen LogP) is 2.74. The molecule has 0 amide bonds. The maximum atomic E-state index is 10.8. The number of nitrogens with one attached hydrogen (secondary N) is 1. The van der Waals surface area contributed by atoms with Crippen LogP contribution in [-0.4, -0.2) is 24.7 Å². The Hall–Kier alpha value is -1.62. The zero-order valence-electron chi connectivity index (χ0n) is 10.5. The van der Waals surface area contributed by atoms with Crippen LogP contribution in [-0.2, 0) is 4.74 Å². The second kappa shape index (κ2) is 5.82. The van der Waals surface area contributed by atoms with Gasteiger partial charge in [-0.3, -0.25) is 10.1 Å². The first-order chi connectivity index (χ1) is 8.68. The standard InChI is InChI=1S/C13H18N2O3/c1-10-12(3-2-4-13(10)15(16)17)14-7-5-11-6-8-18-9-11/h2-4,11,14H,5-9H2,1H3. The maximum absolute atomic E-state index is 10.8. The van der Waals surface area contributed by atoms with E-state index in [1.54, 1.807) is 13.0 Å². The average Bonchev–Trinajstić information content (AvgIpc) is 2.84. The smallest absolute Gasteiger partial charge is 0.274 e. The lowest BCUT2D eigenvalue weighted by molar-refractivity contribution is -0.385. The highest BCUT2D eigenvalue weighted by Gasteiger charge is 2.16. The number of ether oxygens (including phenoxy) is 1. The molecule has 1 aliphatic heterocycles. The van der Waals surface area contributed by atoms with Crippen LogP contribution in [0.3, 0.4) is 0 Å². The number of benzene rings is 1. The van der Waals surface area contributed by atoms with E-state index in [0.717, 1.165) is 38.3 Å². The Morgan fingerprint density at radius 3 is 3.06 bits per heavy atom. The average molecular weight is 250 g/mol. The normalized spacial score (nSPS) is 18.8. The van der Waals surface area contributed by atoms with E-state index in [9.17, 15) is 10.1 Å². The third-order valence-corrected chi connectivity index (χ3v) is 3.39. The molecule has 0 spiro atoms. The van der Waals surface area contributed by atoms with E-state index >= 15 is 0 Å². The molecule has 18 heavy (non-hydrogen) atoms. The molecule has 1 unspecified atom stereocenters. The van der Waals surface area contributed by atoms with Crippen LogP contribution in [0.1, 0.15) is 18.4 Å². The van der Waals surface area contributed by atoms with Gasteiger partial charge < -0.3 is 10.1 Å². The van der Waals surface area contributed by atoms with E-state index < -0.39 is 0 Å². The molecule has 98 valence electrons. The highest BCUT2D eigenvalue weighted by atomic mass is 16.6. The van der Waals surface area contributed by atoms with Gasteiger partial charge in [-0.15, -0.1) is 0 Å². The monoisotopic (exact) mass is 250 g/mol. The van der Waals surface area contributed by atoms with Crippen molar-refractivity contribution in [1.82, 2.24) is 0 Å². The summed E-state index contributed by atoms with van der Waals surface area (Å²) >= 11 is 0. The molecule has 0 aliphatic carbocycles. The van der Waals surface area contributed by atoms with Crippen LogP contribution in [0.4, 0.5) is 11.4 Å². The fraction of sp³-hybridized carbons (Fsp3) is 0.538. The number of nitro benzene ring substituents is 1. The second-order valence-corrected chi connectivity index (χ2v) is 4.65. The number of nitro groups is 1. The fourth-order valence-corrected chi connectivity index (χ4v) is 2.23. The molecule has 1 aromatic rings. The zero-order valence-corrected chi connectivity index (χ0v) is 10.5. The van der Waals surface area contributed by atoms with Crippen molar-refractivity contribution in [2.24, 2.45) is 5.92 Å². The SMILES string of the molecule is Cc1c(NCCC2CCOC2)cccc1[N+](=O)[O-]. The van der Waals surface area contributed by atoms with Crippen molar-refractivity contribution in [3.8, 4) is 0 Å². The summed E-state index contributed by atoms with van der Waals surface area (Å²) in [6, 6.07) is 5.13. The van der Waals surface area contributed by atoms with Gasteiger partial charge in [0.1, 0.15) is 0 Å². The topological polar surface area (TPSA) is 64.4 Å². The third kappa shape index (κ3) is 2.98. The fourth-order valence-electron chi connectivity index (χ4n) is 2.23. The van der Waals surface area contributed by atoms with Gasteiger partial charge in [-0.05, 0) is 31.7 Å². The summed E-state index contributed by atoms with van der Waals surface area (Å²) in [6.07, 6.45) is 2.16. The van der Waals surface area contributed by atoms with Gasteiger partial charge in [0.25, 0.3) is 5.69 Å². The highest BCUT2D eigenvalue weighted by molar-refractivity contribution is 5.59. The van der Waals surface area contributed by atoms with Gasteiger partial charge >= 0.3 is 0 Å². The molecule has 2 rings (SSSR count). The summed E-state index contributed by atoms with van der Waals surface area (Å²) in [4.78, 5) is 10.5. The maximum Gasteiger partial charge on any atom is 0.274 e. The van der Waals surface area contributed by atoms with Crippen molar-refractivity contribution in [1.29, 1.82) is 0 Å². The van der Waals surface area contributed by atoms with Crippen molar-refractivity contribution in [3.05, 3.63) is 33.9 Å². The van der Waals surface area contributed by atoms with Crippen LogP contribution >= 0.6 is 0 Å². The molecule has 1 atom stereocenters. The van der Waals surface area contributed by atoms with Crippen molar-refractivity contribution in [2.75, 3.05) is 25.1 Å². The predicted molar refractivity (Wildman–Crippen MR) is 69.9 cm³/mol. The van der Waals surface area contributed by atoms with Gasteiger partial charge in [0.2, 0.25) is 0 Å². The van der Waals surface area contributed by atoms with Crippen LogP contribution in [0.15, 0.2) is 18.2 Å². The number of nitrogens with zero attached hydrogens (tertiary/aromatic N) is 1. The van der Waals surface area contributed by atoms with E-state index in [1.165, 1.54) is 6.07 Å². The van der Waals surface area contributed by atoms with E-state index in [2.05, 4.69) is 5.32 Å². The molecule has 5 nitrogen and oxygen atoms in total. The Morgan fingerprint density at radius 2 is 2.39 bits per heavy atom. The van der Waals surface area contributed by atoms with Gasteiger partial charge in [-0.2, -0.15) is 0 Å². The lowest BCUT2D eigenvalue weighted by Crippen LogP contribution is -2.10. The van der Waals surface area contributed by atoms with E-state index in [1.807, 2.05) is 6.07 Å². The Morgan fingerprint density at radius 1 is 1.56 bits per heavy atom. The van der Waals surface area contributed by atoms with Crippen molar-refractivity contribution in [3.63, 3.8) is 0 Å². The summed E-state index contributed by atoms with van der Waals surface area (Å²) in [5.74, 6) is 0.622. The molecular weight excluding hydrogens is 232 g/mol. The molecule has 1 N–H and O–H groups in total. The van der Waals surface area contributed by atoms with Crippen molar-refractivity contribution < 1.29 is 9.66 Å². The molecule has 1 aromatic carbocycles. The number of anilines is 1. The second-order valence-electron chi connectivity index (χ2n) is 4.65. The first-order valence-corrected chi connectivity index (χ1v) is 6.24. The molecule has 5 heteroatoms. The Balaban J connectivity index is 1.92. The van der Waals surface area contributed by atoms with Gasteiger partial charge in [0.15, 0.2) is 0 Å². The van der Waals surface area contributed by atoms with Crippen LogP contribution in [0.2, 0.25) is 0 Å². The number of hydrogen-bond donors (Lipinski definition) is 1. The minimum Gasteiger partial charge on any atom is -0.385 e. The summed E-state index contributed by atoms with van der Waals surface area (Å²) in [5.41, 5.74) is 1.72. The van der Waals surface area contributed by atoms with Gasteiger partial charge in [0, 0.05) is 37.1 Å². The largest absolute Gasteiger partial charge is 0.385 e. The molecule has 1 saturated heterocycles. The minimum atomic E-state index is -0.342. The van der Waals surface area contributed by atoms with Gasteiger partial charge in [-0.25, -0.2) is 0 Å². The molecular formula is C13H18N2O3. The summed E-state index contributed by atoms with van der Waals surface area (Å²) < 4.78 is 5.32. The summed E-state index contributed by atoms with van der Waals surface area (Å²) in [7, 11) is 0. The Labute approximate surface area is 106 Å². The number of hydrogen-bond acceptors (Lipinski definition) is 4. The lowest BCUT2D eigenvalue weighted by atomic mass is 10.1. The quantitative estimate of drug-likeness (QED) is 0.644. The summed E-state index contributed by atoms with van der Waals surface area (Å²) in [5, 5.41) is 14.1. The van der Waals surface area contributed by atoms with Crippen molar-refractivity contribution in [2.45, 2.75) is 19.8 Å². The zero-order chi connectivity index (χ0) is 13.0. The molecule has 0 saturated carbocycles. The van der Waals surface area contributed by atoms with Gasteiger partial charge in [0.05, 0.1) is 4.92 Å². The van der Waals surface area contributed by atoms with Crippen LogP contribution in [0.25, 0.3) is 0 Å². The van der Waals surface area contributed by atoms with Crippen LogP contribution in [0.5, 0.6) is 0 Å². The molecule has 0 aromatic heterocycles. The van der Waals surface area contributed by atoms with E-state index in [0.29, 0.717) is 11.5 Å². The van der Waals surface area contributed by atoms with Crippen molar-refractivity contribution >= 4 is 11.4 Å². The van der Waals surface area contributed by atoms with Crippen LogP contribution < -0.4 is 5.32 Å². The summed E-state index contributed by atoms with van der Waals surface area (Å²) in [6.45, 7) is 4.31. The molecule has 1 aliphatic rings. The minimum absolute atomic E-state index is 0.171. The Bertz CT molecular complexity index is 428. The molecule has 0 radical (unpaired) electrons. The van der Waals surface area contributed by atoms with E-state index in [4.69, 9.17) is 4.74 Å². The lowest BCUT2D eigenvalue weighted by Gasteiger charge is -2.11. The number of rotatable bonds is 5. The molecule has 1 fully saturated rings.